The van der Waals surface area contributed by atoms with Crippen molar-refractivity contribution < 1.29 is 14.6 Å². The highest BCUT2D eigenvalue weighted by Gasteiger charge is 2.24. The van der Waals surface area contributed by atoms with Crippen molar-refractivity contribution >= 4 is 34.6 Å². The summed E-state index contributed by atoms with van der Waals surface area (Å²) < 4.78 is 5.36. The first-order valence-electron chi connectivity index (χ1n) is 6.36. The smallest absolute Gasteiger partial charge is 0.348 e. The van der Waals surface area contributed by atoms with Gasteiger partial charge in [-0.3, -0.25) is 0 Å². The lowest BCUT2D eigenvalue weighted by Crippen LogP contribution is -2.01. The second-order valence-electron chi connectivity index (χ2n) is 4.89. The van der Waals surface area contributed by atoms with Gasteiger partial charge in [-0.1, -0.05) is 25.4 Å². The number of rotatable bonds is 4. The molecule has 0 unspecified atom stereocenters. The van der Waals surface area contributed by atoms with Gasteiger partial charge in [-0.05, 0) is 29.7 Å². The van der Waals surface area contributed by atoms with Gasteiger partial charge in [0.1, 0.15) is 10.6 Å². The Morgan fingerprint density at radius 3 is 2.62 bits per heavy atom. The van der Waals surface area contributed by atoms with Crippen LogP contribution in [0.4, 0.5) is 5.69 Å². The molecule has 0 aliphatic carbocycles. The van der Waals surface area contributed by atoms with Crippen LogP contribution in [0.3, 0.4) is 0 Å². The Balaban J connectivity index is 2.74. The van der Waals surface area contributed by atoms with E-state index in [1.54, 1.807) is 19.2 Å². The summed E-state index contributed by atoms with van der Waals surface area (Å²) in [4.78, 5) is 12.3. The Morgan fingerprint density at radius 2 is 2.10 bits per heavy atom. The van der Waals surface area contributed by atoms with Crippen molar-refractivity contribution in [3.05, 3.63) is 33.7 Å². The molecule has 21 heavy (non-hydrogen) atoms. The number of benzene rings is 1. The molecule has 0 aliphatic rings. The topological polar surface area (TPSA) is 72.5 Å². The lowest BCUT2D eigenvalue weighted by Gasteiger charge is -2.12. The maximum absolute atomic E-state index is 11.3. The number of carboxylic acid groups (broad SMARTS) is 1. The molecule has 4 nitrogen and oxygen atoms in total. The van der Waals surface area contributed by atoms with Gasteiger partial charge >= 0.3 is 5.97 Å². The van der Waals surface area contributed by atoms with E-state index in [-0.39, 0.29) is 10.8 Å². The third-order valence-electron chi connectivity index (χ3n) is 3.16. The molecule has 0 spiro atoms. The Hall–Kier alpha value is -1.72. The fraction of sp³-hybridized carbons (Fsp3) is 0.267. The van der Waals surface area contributed by atoms with Crippen LogP contribution < -0.4 is 10.5 Å². The van der Waals surface area contributed by atoms with Crippen LogP contribution in [0.15, 0.2) is 18.2 Å². The van der Waals surface area contributed by atoms with E-state index >= 15 is 0 Å². The minimum Gasteiger partial charge on any atom is -0.496 e. The molecule has 2 rings (SSSR count). The molecule has 1 heterocycles. The average Bonchev–Trinajstić information content (AvgIpc) is 2.76. The highest BCUT2D eigenvalue weighted by atomic mass is 35.5. The molecule has 0 aliphatic heterocycles. The molecule has 0 saturated carbocycles. The van der Waals surface area contributed by atoms with Gasteiger partial charge in [0.15, 0.2) is 0 Å². The number of aromatic carboxylic acids is 1. The normalized spacial score (nSPS) is 10.9. The minimum absolute atomic E-state index is 0.102. The number of hydrogen-bond donors (Lipinski definition) is 2. The molecular formula is C15H16ClNO3S. The highest BCUT2D eigenvalue weighted by Crippen LogP contribution is 2.46. The molecule has 0 fully saturated rings. The van der Waals surface area contributed by atoms with Crippen molar-refractivity contribution in [2.75, 3.05) is 12.8 Å². The van der Waals surface area contributed by atoms with Gasteiger partial charge in [0.05, 0.1) is 12.8 Å². The van der Waals surface area contributed by atoms with Crippen LogP contribution in [0.2, 0.25) is 5.02 Å². The second kappa shape index (κ2) is 5.95. The summed E-state index contributed by atoms with van der Waals surface area (Å²) >= 11 is 7.14. The van der Waals surface area contributed by atoms with Crippen molar-refractivity contribution in [2.45, 2.75) is 19.8 Å². The number of methoxy groups -OCH3 is 1. The maximum Gasteiger partial charge on any atom is 0.348 e. The van der Waals surface area contributed by atoms with Gasteiger partial charge in [0, 0.05) is 15.5 Å². The largest absolute Gasteiger partial charge is 0.496 e. The Kier molecular flexibility index (Phi) is 4.44. The predicted octanol–water partition coefficient (Wildman–Crippen LogP) is 4.48. The molecule has 2 aromatic rings. The quantitative estimate of drug-likeness (QED) is 0.869. The monoisotopic (exact) mass is 325 g/mol. The summed E-state index contributed by atoms with van der Waals surface area (Å²) in [6, 6.07) is 5.28. The van der Waals surface area contributed by atoms with Crippen LogP contribution in [0.1, 0.15) is 35.0 Å². The minimum atomic E-state index is -1.02. The molecule has 1 aromatic heterocycles. The Labute approximate surface area is 132 Å². The second-order valence-corrected chi connectivity index (χ2v) is 6.35. The molecular weight excluding hydrogens is 310 g/mol. The van der Waals surface area contributed by atoms with Crippen molar-refractivity contribution in [1.29, 1.82) is 0 Å². The zero-order valence-electron chi connectivity index (χ0n) is 11.9. The molecule has 6 heteroatoms. The van der Waals surface area contributed by atoms with Gasteiger partial charge in [-0.15, -0.1) is 11.3 Å². The summed E-state index contributed by atoms with van der Waals surface area (Å²) in [6.07, 6.45) is 0. The van der Waals surface area contributed by atoms with Gasteiger partial charge in [-0.25, -0.2) is 4.79 Å². The highest BCUT2D eigenvalue weighted by molar-refractivity contribution is 7.18. The van der Waals surface area contributed by atoms with Crippen LogP contribution in [-0.2, 0) is 0 Å². The first-order valence-corrected chi connectivity index (χ1v) is 7.55. The van der Waals surface area contributed by atoms with Crippen LogP contribution in [-0.4, -0.2) is 18.2 Å². The van der Waals surface area contributed by atoms with Crippen LogP contribution >= 0.6 is 22.9 Å². The van der Waals surface area contributed by atoms with Crippen LogP contribution in [0.5, 0.6) is 5.75 Å². The number of nitrogens with two attached hydrogens (primary N) is 1. The standard InChI is InChI=1S/C15H16ClNO3S/c1-7(2)11-12(17)14(15(18)19)21-13(11)9-5-4-8(16)6-10(9)20-3/h4-7H,17H2,1-3H3,(H,18,19). The zero-order chi connectivity index (χ0) is 15.7. The molecule has 0 atom stereocenters. The number of carboxylic acids is 1. The lowest BCUT2D eigenvalue weighted by atomic mass is 9.98. The molecule has 3 N–H and O–H groups in total. The Morgan fingerprint density at radius 1 is 1.43 bits per heavy atom. The number of carbonyl (C=O) groups is 1. The molecule has 112 valence electrons. The number of thiophene rings is 1. The van der Waals surface area contributed by atoms with Crippen LogP contribution in [0, 0.1) is 0 Å². The summed E-state index contributed by atoms with van der Waals surface area (Å²) in [7, 11) is 1.55. The fourth-order valence-corrected chi connectivity index (χ4v) is 3.65. The SMILES string of the molecule is COc1cc(Cl)ccc1-c1sc(C(=O)O)c(N)c1C(C)C. The van der Waals surface area contributed by atoms with E-state index in [1.165, 1.54) is 0 Å². The summed E-state index contributed by atoms with van der Waals surface area (Å²) in [5.74, 6) is -0.314. The van der Waals surface area contributed by atoms with Gasteiger partial charge in [0.25, 0.3) is 0 Å². The van der Waals surface area contributed by atoms with Gasteiger partial charge in [0.2, 0.25) is 0 Å². The van der Waals surface area contributed by atoms with Gasteiger partial charge in [-0.2, -0.15) is 0 Å². The summed E-state index contributed by atoms with van der Waals surface area (Å²) in [5.41, 5.74) is 7.99. The third kappa shape index (κ3) is 2.84. The molecule has 0 saturated heterocycles. The molecule has 0 bridgehead atoms. The number of anilines is 1. The summed E-state index contributed by atoms with van der Waals surface area (Å²) in [6.45, 7) is 3.96. The van der Waals surface area contributed by atoms with E-state index in [4.69, 9.17) is 22.1 Å². The van der Waals surface area contributed by atoms with Crippen LogP contribution in [0.25, 0.3) is 10.4 Å². The first kappa shape index (κ1) is 15.7. The van der Waals surface area contributed by atoms with E-state index in [1.807, 2.05) is 19.9 Å². The van der Waals surface area contributed by atoms with Crippen molar-refractivity contribution in [3.63, 3.8) is 0 Å². The van der Waals surface area contributed by atoms with Crippen molar-refractivity contribution in [3.8, 4) is 16.2 Å². The van der Waals surface area contributed by atoms with E-state index < -0.39 is 5.97 Å². The lowest BCUT2D eigenvalue weighted by molar-refractivity contribution is 0.0703. The number of ether oxygens (including phenoxy) is 1. The average molecular weight is 326 g/mol. The Bertz CT molecular complexity index is 694. The van der Waals surface area contributed by atoms with E-state index in [9.17, 15) is 9.90 Å². The van der Waals surface area contributed by atoms with Crippen molar-refractivity contribution in [2.24, 2.45) is 0 Å². The number of nitrogen functional groups attached to an aromatic ring is 1. The molecule has 1 aromatic carbocycles. The summed E-state index contributed by atoms with van der Waals surface area (Å²) in [5, 5.41) is 9.84. The molecule has 0 amide bonds. The first-order chi connectivity index (χ1) is 9.86. The fourth-order valence-electron chi connectivity index (χ4n) is 2.24. The maximum atomic E-state index is 11.3. The van der Waals surface area contributed by atoms with E-state index in [0.29, 0.717) is 16.5 Å². The van der Waals surface area contributed by atoms with E-state index in [0.717, 1.165) is 27.3 Å². The van der Waals surface area contributed by atoms with Gasteiger partial charge < -0.3 is 15.6 Å². The zero-order valence-corrected chi connectivity index (χ0v) is 13.5. The number of halogens is 1. The predicted molar refractivity (Wildman–Crippen MR) is 86.8 cm³/mol. The van der Waals surface area contributed by atoms with Crippen molar-refractivity contribution in [1.82, 2.24) is 0 Å². The number of hydrogen-bond acceptors (Lipinski definition) is 4. The van der Waals surface area contributed by atoms with E-state index in [2.05, 4.69) is 0 Å². The third-order valence-corrected chi connectivity index (χ3v) is 4.64. The molecule has 0 radical (unpaired) electrons.